The lowest BCUT2D eigenvalue weighted by Crippen LogP contribution is -2.29. The van der Waals surface area contributed by atoms with Gasteiger partial charge in [0.25, 0.3) is 5.56 Å². The fourth-order valence-corrected chi connectivity index (χ4v) is 2.71. The number of H-pyrrole nitrogens is 1. The molecule has 3 aromatic rings. The summed E-state index contributed by atoms with van der Waals surface area (Å²) in [5.74, 6) is 0.425. The number of aromatic nitrogens is 4. The number of imidazole rings is 1. The molecule has 140 valence electrons. The van der Waals surface area contributed by atoms with Gasteiger partial charge < -0.3 is 4.57 Å². The molecule has 0 atom stereocenters. The summed E-state index contributed by atoms with van der Waals surface area (Å²) in [7, 11) is 1.58. The van der Waals surface area contributed by atoms with Crippen LogP contribution in [0.15, 0.2) is 51.1 Å². The van der Waals surface area contributed by atoms with Crippen molar-refractivity contribution in [3.8, 4) is 0 Å². The molecule has 3 rings (SSSR count). The normalized spacial score (nSPS) is 11.8. The molecule has 0 aliphatic carbocycles. The zero-order valence-electron chi connectivity index (χ0n) is 15.3. The smallest absolute Gasteiger partial charge is 0.303 e. The van der Waals surface area contributed by atoms with E-state index in [2.05, 4.69) is 27.4 Å². The predicted molar refractivity (Wildman–Crippen MR) is 108 cm³/mol. The molecule has 2 heterocycles. The summed E-state index contributed by atoms with van der Waals surface area (Å²) in [5, 5.41) is 4.16. The van der Waals surface area contributed by atoms with Gasteiger partial charge in [-0.25, -0.2) is 10.2 Å². The van der Waals surface area contributed by atoms with E-state index in [-0.39, 0.29) is 0 Å². The van der Waals surface area contributed by atoms with Gasteiger partial charge in [-0.1, -0.05) is 49.8 Å². The number of hydrogen-bond donors (Lipinski definition) is 2. The Balaban J connectivity index is 1.89. The summed E-state index contributed by atoms with van der Waals surface area (Å²) < 4.78 is 3.08. The van der Waals surface area contributed by atoms with Gasteiger partial charge in [-0.2, -0.15) is 10.1 Å². The largest absolute Gasteiger partial charge is 0.329 e. The number of nitrogens with one attached hydrogen (secondary N) is 2. The topological polar surface area (TPSA) is 97.1 Å². The number of benzene rings is 1. The number of nitrogens with zero attached hydrogens (tertiary/aromatic N) is 4. The Morgan fingerprint density at radius 3 is 2.78 bits per heavy atom. The van der Waals surface area contributed by atoms with Crippen molar-refractivity contribution in [1.82, 2.24) is 19.1 Å². The molecule has 0 aliphatic heterocycles. The van der Waals surface area contributed by atoms with E-state index in [4.69, 9.17) is 0 Å². The maximum absolute atomic E-state index is 12.3. The Morgan fingerprint density at radius 2 is 2.04 bits per heavy atom. The van der Waals surface area contributed by atoms with Crippen molar-refractivity contribution in [3.05, 3.63) is 62.8 Å². The van der Waals surface area contributed by atoms with Crippen molar-refractivity contribution in [3.63, 3.8) is 0 Å². The van der Waals surface area contributed by atoms with E-state index in [0.29, 0.717) is 23.7 Å². The number of aryl methyl sites for hydroxylation is 2. The first-order valence-corrected chi connectivity index (χ1v) is 8.82. The number of aromatic amines is 1. The van der Waals surface area contributed by atoms with Crippen molar-refractivity contribution < 1.29 is 0 Å². The molecule has 8 heteroatoms. The first-order chi connectivity index (χ1) is 13.1. The number of anilines is 1. The molecule has 0 fully saturated rings. The lowest BCUT2D eigenvalue weighted by molar-refractivity contribution is 0.647. The standard InChI is InChI=1S/C19H22N6O2/c1-3-4-13-25-15-16(24(2)19(27)22-17(15)26)21-18(25)23-20-12-8-11-14-9-6-5-7-10-14/h5-12H,3-4,13H2,1-2H3,(H,21,23)(H,22,26,27)/b11-8+,20-12+. The quantitative estimate of drug-likeness (QED) is 0.495. The molecular weight excluding hydrogens is 344 g/mol. The van der Waals surface area contributed by atoms with E-state index in [0.717, 1.165) is 18.4 Å². The highest BCUT2D eigenvalue weighted by atomic mass is 16.2. The fraction of sp³-hybridized carbons (Fsp3) is 0.263. The molecule has 0 saturated heterocycles. The molecule has 0 spiro atoms. The molecule has 0 unspecified atom stereocenters. The summed E-state index contributed by atoms with van der Waals surface area (Å²) in [6.07, 6.45) is 7.19. The molecule has 8 nitrogen and oxygen atoms in total. The van der Waals surface area contributed by atoms with Crippen LogP contribution in [0.3, 0.4) is 0 Å². The Kier molecular flexibility index (Phi) is 5.65. The van der Waals surface area contributed by atoms with Gasteiger partial charge in [0.2, 0.25) is 5.95 Å². The third-order valence-electron chi connectivity index (χ3n) is 4.16. The minimum Gasteiger partial charge on any atom is -0.303 e. The van der Waals surface area contributed by atoms with Gasteiger partial charge in [-0.15, -0.1) is 0 Å². The first kappa shape index (κ1) is 18.4. The number of hydrazone groups is 1. The average Bonchev–Trinajstić information content (AvgIpc) is 3.04. The minimum atomic E-state index is -0.492. The van der Waals surface area contributed by atoms with Crippen LogP contribution >= 0.6 is 0 Å². The van der Waals surface area contributed by atoms with Crippen molar-refractivity contribution >= 4 is 29.4 Å². The fourth-order valence-electron chi connectivity index (χ4n) is 2.71. The minimum absolute atomic E-state index is 0.331. The third-order valence-corrected chi connectivity index (χ3v) is 4.16. The molecule has 0 radical (unpaired) electrons. The first-order valence-electron chi connectivity index (χ1n) is 8.82. The summed E-state index contributed by atoms with van der Waals surface area (Å²) in [4.78, 5) is 30.8. The van der Waals surface area contributed by atoms with Crippen LogP contribution in [0, 0.1) is 0 Å². The van der Waals surface area contributed by atoms with Gasteiger partial charge >= 0.3 is 5.69 Å². The van der Waals surface area contributed by atoms with Crippen LogP contribution in [-0.4, -0.2) is 25.3 Å². The van der Waals surface area contributed by atoms with Gasteiger partial charge in [0, 0.05) is 19.8 Å². The van der Waals surface area contributed by atoms with Crippen molar-refractivity contribution in [2.45, 2.75) is 26.3 Å². The Hall–Kier alpha value is -3.42. The average molecular weight is 366 g/mol. The lowest BCUT2D eigenvalue weighted by atomic mass is 10.2. The van der Waals surface area contributed by atoms with E-state index >= 15 is 0 Å². The second-order valence-corrected chi connectivity index (χ2v) is 6.09. The third kappa shape index (κ3) is 4.05. The Bertz CT molecular complexity index is 1090. The maximum Gasteiger partial charge on any atom is 0.329 e. The van der Waals surface area contributed by atoms with E-state index in [9.17, 15) is 9.59 Å². The summed E-state index contributed by atoms with van der Waals surface area (Å²) >= 11 is 0. The van der Waals surface area contributed by atoms with Crippen LogP contribution in [0.4, 0.5) is 5.95 Å². The second-order valence-electron chi connectivity index (χ2n) is 6.09. The van der Waals surface area contributed by atoms with E-state index in [1.165, 1.54) is 4.57 Å². The number of rotatable bonds is 7. The predicted octanol–water partition coefficient (Wildman–Crippen LogP) is 2.33. The van der Waals surface area contributed by atoms with Gasteiger partial charge in [-0.05, 0) is 18.1 Å². The van der Waals surface area contributed by atoms with Crippen LogP contribution < -0.4 is 16.7 Å². The number of fused-ring (bicyclic) bond motifs is 1. The molecule has 2 N–H and O–H groups in total. The second kappa shape index (κ2) is 8.31. The zero-order chi connectivity index (χ0) is 19.2. The van der Waals surface area contributed by atoms with Crippen LogP contribution in [0.5, 0.6) is 0 Å². The van der Waals surface area contributed by atoms with Crippen molar-refractivity contribution in [2.24, 2.45) is 12.1 Å². The molecule has 0 bridgehead atoms. The van der Waals surface area contributed by atoms with E-state index in [1.54, 1.807) is 17.8 Å². The van der Waals surface area contributed by atoms with E-state index in [1.807, 2.05) is 42.5 Å². The number of allylic oxidation sites excluding steroid dienone is 1. The van der Waals surface area contributed by atoms with Crippen LogP contribution in [0.2, 0.25) is 0 Å². The zero-order valence-corrected chi connectivity index (χ0v) is 15.3. The SMILES string of the molecule is CCCCn1c(N/N=C/C=C/c2ccccc2)nc2c1c(=O)[nH]c(=O)n2C. The van der Waals surface area contributed by atoms with Gasteiger partial charge in [0.1, 0.15) is 0 Å². The lowest BCUT2D eigenvalue weighted by Gasteiger charge is -2.06. The van der Waals surface area contributed by atoms with Crippen molar-refractivity contribution in [2.75, 3.05) is 5.43 Å². The summed E-state index contributed by atoms with van der Waals surface area (Å²) in [6.45, 7) is 2.67. The summed E-state index contributed by atoms with van der Waals surface area (Å²) in [5.41, 5.74) is 3.70. The molecule has 0 aliphatic rings. The maximum atomic E-state index is 12.3. The molecular formula is C19H22N6O2. The highest BCUT2D eigenvalue weighted by Gasteiger charge is 2.16. The molecule has 2 aromatic heterocycles. The monoisotopic (exact) mass is 366 g/mol. The molecule has 0 amide bonds. The van der Waals surface area contributed by atoms with Gasteiger partial charge in [-0.3, -0.25) is 14.3 Å². The highest BCUT2D eigenvalue weighted by molar-refractivity contribution is 5.79. The summed E-state index contributed by atoms with van der Waals surface area (Å²) in [6, 6.07) is 9.88. The molecule has 1 aromatic carbocycles. The van der Waals surface area contributed by atoms with Crippen LogP contribution in [0.25, 0.3) is 17.2 Å². The van der Waals surface area contributed by atoms with E-state index < -0.39 is 11.2 Å². The Labute approximate surface area is 155 Å². The van der Waals surface area contributed by atoms with Crippen molar-refractivity contribution in [1.29, 1.82) is 0 Å². The number of unbranched alkanes of at least 4 members (excludes halogenated alkanes) is 1. The molecule has 27 heavy (non-hydrogen) atoms. The highest BCUT2D eigenvalue weighted by Crippen LogP contribution is 2.16. The van der Waals surface area contributed by atoms with Gasteiger partial charge in [0.15, 0.2) is 11.2 Å². The van der Waals surface area contributed by atoms with Gasteiger partial charge in [0.05, 0.1) is 0 Å². The van der Waals surface area contributed by atoms with Crippen LogP contribution in [-0.2, 0) is 13.6 Å². The van der Waals surface area contributed by atoms with Crippen LogP contribution in [0.1, 0.15) is 25.3 Å². The Morgan fingerprint density at radius 1 is 1.26 bits per heavy atom. The molecule has 0 saturated carbocycles. The number of hydrogen-bond acceptors (Lipinski definition) is 5.